The Morgan fingerprint density at radius 1 is 1.27 bits per heavy atom. The van der Waals surface area contributed by atoms with Gasteiger partial charge in [0.05, 0.1) is 18.4 Å². The Morgan fingerprint density at radius 2 is 2.04 bits per heavy atom. The van der Waals surface area contributed by atoms with Gasteiger partial charge in [0.1, 0.15) is 5.75 Å². The van der Waals surface area contributed by atoms with Crippen molar-refractivity contribution in [2.45, 2.75) is 13.5 Å². The number of ether oxygens (including phenoxy) is 1. The van der Waals surface area contributed by atoms with Crippen LogP contribution in [0.5, 0.6) is 5.75 Å². The molecule has 1 amide bonds. The molecule has 1 fully saturated rings. The molecule has 1 aromatic carbocycles. The van der Waals surface area contributed by atoms with E-state index in [1.165, 1.54) is 0 Å². The molecule has 3 rings (SSSR count). The standard InChI is InChI=1S/C19H25N5O2/c1-14-17(13-21-19(22-14)24-9-7-23(2)8-10-24)18(25)20-12-15-5-4-6-16(11-15)26-3/h4-6,11,13H,7-10,12H2,1-3H3,(H,20,25). The summed E-state index contributed by atoms with van der Waals surface area (Å²) in [7, 11) is 3.74. The number of aryl methyl sites for hydroxylation is 1. The lowest BCUT2D eigenvalue weighted by molar-refractivity contribution is 0.0949. The highest BCUT2D eigenvalue weighted by atomic mass is 16.5. The van der Waals surface area contributed by atoms with Gasteiger partial charge in [-0.1, -0.05) is 12.1 Å². The molecule has 0 atom stereocenters. The number of carbonyl (C=O) groups is 1. The van der Waals surface area contributed by atoms with Gasteiger partial charge in [0.25, 0.3) is 5.91 Å². The normalized spacial score (nSPS) is 15.0. The van der Waals surface area contributed by atoms with Gasteiger partial charge in [-0.15, -0.1) is 0 Å². The number of hydrogen-bond acceptors (Lipinski definition) is 6. The molecule has 0 radical (unpaired) electrons. The van der Waals surface area contributed by atoms with Crippen LogP contribution in [0.2, 0.25) is 0 Å². The van der Waals surface area contributed by atoms with Crippen LogP contribution in [-0.2, 0) is 6.54 Å². The Labute approximate surface area is 154 Å². The van der Waals surface area contributed by atoms with E-state index in [1.54, 1.807) is 13.3 Å². The van der Waals surface area contributed by atoms with E-state index in [0.717, 1.165) is 37.5 Å². The highest BCUT2D eigenvalue weighted by molar-refractivity contribution is 5.94. The van der Waals surface area contributed by atoms with Crippen molar-refractivity contribution in [1.29, 1.82) is 0 Å². The minimum atomic E-state index is -0.171. The molecule has 1 aliphatic rings. The summed E-state index contributed by atoms with van der Waals surface area (Å²) in [5, 5.41) is 2.92. The first-order valence-corrected chi connectivity index (χ1v) is 8.75. The van der Waals surface area contributed by atoms with E-state index < -0.39 is 0 Å². The molecule has 0 aliphatic carbocycles. The maximum atomic E-state index is 12.5. The minimum absolute atomic E-state index is 0.171. The number of nitrogens with one attached hydrogen (secondary N) is 1. The molecule has 2 aromatic rings. The van der Waals surface area contributed by atoms with Crippen molar-refractivity contribution >= 4 is 11.9 Å². The van der Waals surface area contributed by atoms with Gasteiger partial charge in [0, 0.05) is 38.9 Å². The molecular weight excluding hydrogens is 330 g/mol. The summed E-state index contributed by atoms with van der Waals surface area (Å²) in [6.45, 7) is 6.06. The number of nitrogens with zero attached hydrogens (tertiary/aromatic N) is 4. The molecule has 0 spiro atoms. The van der Waals surface area contributed by atoms with Crippen molar-refractivity contribution in [3.63, 3.8) is 0 Å². The average Bonchev–Trinajstić information content (AvgIpc) is 2.67. The molecule has 1 N–H and O–H groups in total. The number of amides is 1. The lowest BCUT2D eigenvalue weighted by Crippen LogP contribution is -2.45. The second-order valence-corrected chi connectivity index (χ2v) is 6.49. The number of likely N-dealkylation sites (N-methyl/N-ethyl adjacent to an activating group) is 1. The zero-order valence-electron chi connectivity index (χ0n) is 15.5. The summed E-state index contributed by atoms with van der Waals surface area (Å²) in [6.07, 6.45) is 1.62. The van der Waals surface area contributed by atoms with Gasteiger partial charge < -0.3 is 19.9 Å². The van der Waals surface area contributed by atoms with E-state index in [0.29, 0.717) is 23.8 Å². The lowest BCUT2D eigenvalue weighted by atomic mass is 10.2. The zero-order valence-corrected chi connectivity index (χ0v) is 15.5. The molecule has 1 saturated heterocycles. The molecule has 7 nitrogen and oxygen atoms in total. The minimum Gasteiger partial charge on any atom is -0.497 e. The van der Waals surface area contributed by atoms with Gasteiger partial charge in [-0.2, -0.15) is 0 Å². The molecule has 0 unspecified atom stereocenters. The van der Waals surface area contributed by atoms with Crippen LogP contribution in [-0.4, -0.2) is 61.1 Å². The molecule has 138 valence electrons. The van der Waals surface area contributed by atoms with Crippen LogP contribution in [0.1, 0.15) is 21.6 Å². The molecule has 0 saturated carbocycles. The number of piperazine rings is 1. The Bertz CT molecular complexity index is 772. The highest BCUT2D eigenvalue weighted by Gasteiger charge is 2.18. The van der Waals surface area contributed by atoms with Crippen LogP contribution >= 0.6 is 0 Å². The van der Waals surface area contributed by atoms with Crippen molar-refractivity contribution in [2.75, 3.05) is 45.2 Å². The fourth-order valence-corrected chi connectivity index (χ4v) is 2.90. The van der Waals surface area contributed by atoms with Crippen molar-refractivity contribution in [3.8, 4) is 5.75 Å². The summed E-state index contributed by atoms with van der Waals surface area (Å²) in [5.74, 6) is 1.29. The molecular formula is C19H25N5O2. The summed E-state index contributed by atoms with van der Waals surface area (Å²) in [6, 6.07) is 7.63. The summed E-state index contributed by atoms with van der Waals surface area (Å²) in [4.78, 5) is 25.9. The smallest absolute Gasteiger partial charge is 0.254 e. The Morgan fingerprint density at radius 3 is 2.73 bits per heavy atom. The number of anilines is 1. The molecule has 0 bridgehead atoms. The number of carbonyl (C=O) groups excluding carboxylic acids is 1. The van der Waals surface area contributed by atoms with Gasteiger partial charge in [0.15, 0.2) is 0 Å². The van der Waals surface area contributed by atoms with Crippen LogP contribution in [0.25, 0.3) is 0 Å². The number of methoxy groups -OCH3 is 1. The number of benzene rings is 1. The highest BCUT2D eigenvalue weighted by Crippen LogP contribution is 2.15. The fraction of sp³-hybridized carbons (Fsp3) is 0.421. The Hall–Kier alpha value is -2.67. The summed E-state index contributed by atoms with van der Waals surface area (Å²) in [5.41, 5.74) is 2.17. The Balaban J connectivity index is 1.64. The topological polar surface area (TPSA) is 70.6 Å². The van der Waals surface area contributed by atoms with Crippen molar-refractivity contribution in [3.05, 3.63) is 47.3 Å². The van der Waals surface area contributed by atoms with E-state index >= 15 is 0 Å². The van der Waals surface area contributed by atoms with Crippen molar-refractivity contribution < 1.29 is 9.53 Å². The predicted molar refractivity (Wildman–Crippen MR) is 101 cm³/mol. The number of hydrogen-bond donors (Lipinski definition) is 1. The van der Waals surface area contributed by atoms with Crippen molar-refractivity contribution in [2.24, 2.45) is 0 Å². The van der Waals surface area contributed by atoms with Gasteiger partial charge in [-0.25, -0.2) is 9.97 Å². The van der Waals surface area contributed by atoms with Crippen LogP contribution < -0.4 is 15.0 Å². The van der Waals surface area contributed by atoms with E-state index in [2.05, 4.69) is 32.1 Å². The third-order valence-corrected chi connectivity index (χ3v) is 4.58. The fourth-order valence-electron chi connectivity index (χ4n) is 2.90. The van der Waals surface area contributed by atoms with Crippen LogP contribution in [0.4, 0.5) is 5.95 Å². The first-order valence-electron chi connectivity index (χ1n) is 8.75. The number of aromatic nitrogens is 2. The van der Waals surface area contributed by atoms with E-state index in [4.69, 9.17) is 4.74 Å². The largest absolute Gasteiger partial charge is 0.497 e. The van der Waals surface area contributed by atoms with Crippen LogP contribution in [0.15, 0.2) is 30.5 Å². The maximum absolute atomic E-state index is 12.5. The van der Waals surface area contributed by atoms with Gasteiger partial charge in [0.2, 0.25) is 5.95 Å². The van der Waals surface area contributed by atoms with E-state index in [-0.39, 0.29) is 5.91 Å². The molecule has 26 heavy (non-hydrogen) atoms. The van der Waals surface area contributed by atoms with Gasteiger partial charge >= 0.3 is 0 Å². The molecule has 2 heterocycles. The zero-order chi connectivity index (χ0) is 18.5. The van der Waals surface area contributed by atoms with E-state index in [1.807, 2.05) is 31.2 Å². The predicted octanol–water partition coefficient (Wildman–Crippen LogP) is 1.48. The Kier molecular flexibility index (Phi) is 5.68. The maximum Gasteiger partial charge on any atom is 0.254 e. The summed E-state index contributed by atoms with van der Waals surface area (Å²) < 4.78 is 5.20. The first kappa shape index (κ1) is 18.1. The SMILES string of the molecule is COc1cccc(CNC(=O)c2cnc(N3CCN(C)CC3)nc2C)c1. The summed E-state index contributed by atoms with van der Waals surface area (Å²) >= 11 is 0. The lowest BCUT2D eigenvalue weighted by Gasteiger charge is -2.32. The second kappa shape index (κ2) is 8.14. The van der Waals surface area contributed by atoms with E-state index in [9.17, 15) is 4.79 Å². The molecule has 1 aromatic heterocycles. The van der Waals surface area contributed by atoms with Crippen molar-refractivity contribution in [1.82, 2.24) is 20.2 Å². The van der Waals surface area contributed by atoms with Gasteiger partial charge in [-0.05, 0) is 31.7 Å². The third-order valence-electron chi connectivity index (χ3n) is 4.58. The van der Waals surface area contributed by atoms with Gasteiger partial charge in [-0.3, -0.25) is 4.79 Å². The molecule has 7 heteroatoms. The third kappa shape index (κ3) is 4.29. The monoisotopic (exact) mass is 355 g/mol. The number of rotatable bonds is 5. The molecule has 1 aliphatic heterocycles. The van der Waals surface area contributed by atoms with Crippen LogP contribution in [0, 0.1) is 6.92 Å². The average molecular weight is 355 g/mol. The van der Waals surface area contributed by atoms with Crippen LogP contribution in [0.3, 0.4) is 0 Å². The first-order chi connectivity index (χ1) is 12.6. The second-order valence-electron chi connectivity index (χ2n) is 6.49. The quantitative estimate of drug-likeness (QED) is 0.876.